The molecule has 0 aliphatic carbocycles. The molecule has 0 radical (unpaired) electrons. The number of anilines is 3. The Balaban J connectivity index is 1.36. The van der Waals surface area contributed by atoms with Gasteiger partial charge in [-0.3, -0.25) is 0 Å². The monoisotopic (exact) mass is 676 g/mol. The molecule has 6 aromatic carbocycles. The van der Waals surface area contributed by atoms with E-state index >= 15 is 0 Å². The van der Waals surface area contributed by atoms with Crippen LogP contribution in [0.1, 0.15) is 76.0 Å². The van der Waals surface area contributed by atoms with Crippen LogP contribution in [0.3, 0.4) is 0 Å². The van der Waals surface area contributed by atoms with Crippen LogP contribution < -0.4 is 15.8 Å². The molecular formula is C48H45BN2O. The molecule has 0 atom stereocenters. The largest absolute Gasteiger partial charge is 0.456 e. The Morgan fingerprint density at radius 1 is 0.577 bits per heavy atom. The quantitative estimate of drug-likeness (QED) is 0.134. The number of benzene rings is 6. The van der Waals surface area contributed by atoms with Gasteiger partial charge in [0.1, 0.15) is 11.2 Å². The number of rotatable bonds is 10. The smallest absolute Gasteiger partial charge is 0.333 e. The Bertz CT molecular complexity index is 2650. The van der Waals surface area contributed by atoms with Gasteiger partial charge in [0, 0.05) is 61.3 Å². The van der Waals surface area contributed by atoms with Gasteiger partial charge in [-0.1, -0.05) is 113 Å². The first-order valence-electron chi connectivity index (χ1n) is 19.7. The van der Waals surface area contributed by atoms with Crippen molar-refractivity contribution in [1.29, 1.82) is 0 Å². The van der Waals surface area contributed by atoms with Crippen molar-refractivity contribution in [3.8, 4) is 11.1 Å². The zero-order valence-electron chi connectivity index (χ0n) is 30.6. The van der Waals surface area contributed by atoms with Crippen LogP contribution in [0.2, 0.25) is 0 Å². The third kappa shape index (κ3) is 4.66. The lowest BCUT2D eigenvalue weighted by Crippen LogP contribution is -2.56. The minimum Gasteiger partial charge on any atom is -0.456 e. The molecule has 0 spiro atoms. The molecule has 52 heavy (non-hydrogen) atoms. The second-order valence-corrected chi connectivity index (χ2v) is 15.2. The average molecular weight is 677 g/mol. The fourth-order valence-corrected chi connectivity index (χ4v) is 9.46. The molecule has 0 fully saturated rings. The number of fused-ring (bicyclic) bond motifs is 11. The Hall–Kier alpha value is -5.22. The number of nitrogens with zero attached hydrogens (tertiary/aromatic N) is 2. The Labute approximate surface area is 307 Å². The van der Waals surface area contributed by atoms with Gasteiger partial charge in [0.15, 0.2) is 0 Å². The van der Waals surface area contributed by atoms with Crippen molar-refractivity contribution < 1.29 is 4.42 Å². The first-order chi connectivity index (χ1) is 25.7. The van der Waals surface area contributed by atoms with Crippen molar-refractivity contribution in [2.45, 2.75) is 78.6 Å². The molecule has 8 aromatic rings. The maximum Gasteiger partial charge on any atom is 0.333 e. The molecule has 10 rings (SSSR count). The summed E-state index contributed by atoms with van der Waals surface area (Å²) in [6, 6.07) is 41.8. The van der Waals surface area contributed by atoms with Crippen LogP contribution in [-0.4, -0.2) is 11.3 Å². The minimum atomic E-state index is 0.0228. The summed E-state index contributed by atoms with van der Waals surface area (Å²) in [4.78, 5) is 2.62. The summed E-state index contributed by atoms with van der Waals surface area (Å²) in [6.07, 6.45) is 10.4. The van der Waals surface area contributed by atoms with E-state index in [1.54, 1.807) is 0 Å². The van der Waals surface area contributed by atoms with Crippen molar-refractivity contribution in [2.24, 2.45) is 0 Å². The molecule has 2 aliphatic rings. The van der Waals surface area contributed by atoms with Crippen LogP contribution in [0.25, 0.3) is 54.9 Å². The molecule has 2 aliphatic heterocycles. The van der Waals surface area contributed by atoms with E-state index < -0.39 is 0 Å². The van der Waals surface area contributed by atoms with Gasteiger partial charge in [0.25, 0.3) is 0 Å². The van der Waals surface area contributed by atoms with Gasteiger partial charge in [0.05, 0.1) is 0 Å². The number of unbranched alkanes of at least 4 members (excludes halogenated alkanes) is 3. The summed E-state index contributed by atoms with van der Waals surface area (Å²) >= 11 is 0. The van der Waals surface area contributed by atoms with Gasteiger partial charge in [-0.05, 0) is 102 Å². The van der Waals surface area contributed by atoms with Crippen LogP contribution in [0.4, 0.5) is 17.1 Å². The third-order valence-corrected chi connectivity index (χ3v) is 11.8. The highest BCUT2D eigenvalue weighted by atomic mass is 16.3. The Morgan fingerprint density at radius 2 is 1.27 bits per heavy atom. The van der Waals surface area contributed by atoms with Crippen LogP contribution in [-0.2, 0) is 19.3 Å². The van der Waals surface area contributed by atoms with E-state index in [0.717, 1.165) is 30.4 Å². The first-order valence-corrected chi connectivity index (χ1v) is 19.7. The summed E-state index contributed by atoms with van der Waals surface area (Å²) in [5, 5.41) is 5.05. The normalized spacial score (nSPS) is 13.1. The van der Waals surface area contributed by atoms with Crippen molar-refractivity contribution in [2.75, 3.05) is 4.90 Å². The molecule has 0 unspecified atom stereocenters. The summed E-state index contributed by atoms with van der Waals surface area (Å²) in [7, 11) is 0. The van der Waals surface area contributed by atoms with Gasteiger partial charge in [-0.15, -0.1) is 0 Å². The van der Waals surface area contributed by atoms with Crippen molar-refractivity contribution in [3.63, 3.8) is 0 Å². The molecule has 4 heterocycles. The molecule has 256 valence electrons. The number of para-hydroxylation sites is 3. The molecule has 0 saturated carbocycles. The second-order valence-electron chi connectivity index (χ2n) is 15.2. The molecule has 2 aromatic heterocycles. The number of hydrogen-bond acceptors (Lipinski definition) is 2. The predicted octanol–water partition coefficient (Wildman–Crippen LogP) is 12.1. The average Bonchev–Trinajstić information content (AvgIpc) is 3.72. The molecular weight excluding hydrogens is 631 g/mol. The summed E-state index contributed by atoms with van der Waals surface area (Å²) in [6.45, 7) is 6.92. The van der Waals surface area contributed by atoms with Crippen molar-refractivity contribution in [3.05, 3.63) is 126 Å². The maximum atomic E-state index is 6.83. The zero-order chi connectivity index (χ0) is 34.9. The lowest BCUT2D eigenvalue weighted by molar-refractivity contribution is 0.669. The van der Waals surface area contributed by atoms with Crippen molar-refractivity contribution in [1.82, 2.24) is 4.48 Å². The van der Waals surface area contributed by atoms with E-state index in [0.29, 0.717) is 0 Å². The number of hydrogen-bond donors (Lipinski definition) is 0. The van der Waals surface area contributed by atoms with Crippen LogP contribution in [0, 0.1) is 0 Å². The number of aromatic nitrogens is 1. The van der Waals surface area contributed by atoms with E-state index in [9.17, 15) is 0 Å². The Morgan fingerprint density at radius 3 is 2.04 bits per heavy atom. The summed E-state index contributed by atoms with van der Waals surface area (Å²) < 4.78 is 9.51. The predicted molar refractivity (Wildman–Crippen MR) is 223 cm³/mol. The van der Waals surface area contributed by atoms with E-state index in [4.69, 9.17) is 4.42 Å². The van der Waals surface area contributed by atoms with Gasteiger partial charge in [0.2, 0.25) is 0 Å². The van der Waals surface area contributed by atoms with Crippen LogP contribution >= 0.6 is 0 Å². The van der Waals surface area contributed by atoms with Gasteiger partial charge in [-0.2, -0.15) is 0 Å². The fraction of sp³-hybridized carbons (Fsp3) is 0.250. The van der Waals surface area contributed by atoms with Crippen LogP contribution in [0.15, 0.2) is 114 Å². The van der Waals surface area contributed by atoms with E-state index in [2.05, 4.69) is 139 Å². The number of furan rings is 1. The third-order valence-electron chi connectivity index (χ3n) is 11.8. The minimum absolute atomic E-state index is 0.0228. The SMILES string of the molecule is CCCCc1cc(CCCC)cc(N2c3cc(CCCC)ccc3B3c4c2cc2oc5ccccc5c2c4-c2cccc4c5ccccc5n3c24)c1. The summed E-state index contributed by atoms with van der Waals surface area (Å²) in [5.41, 5.74) is 18.0. The molecule has 0 amide bonds. The fourth-order valence-electron chi connectivity index (χ4n) is 9.46. The highest BCUT2D eigenvalue weighted by Gasteiger charge is 2.44. The maximum absolute atomic E-state index is 6.83. The van der Waals surface area contributed by atoms with Gasteiger partial charge >= 0.3 is 6.85 Å². The summed E-state index contributed by atoms with van der Waals surface area (Å²) in [5.74, 6) is 0. The molecule has 3 nitrogen and oxygen atoms in total. The highest BCUT2D eigenvalue weighted by Crippen LogP contribution is 2.49. The van der Waals surface area contributed by atoms with E-state index in [1.807, 2.05) is 0 Å². The van der Waals surface area contributed by atoms with Gasteiger partial charge < -0.3 is 13.8 Å². The molecule has 0 saturated heterocycles. The van der Waals surface area contributed by atoms with E-state index in [1.165, 1.54) is 127 Å². The Kier molecular flexibility index (Phi) is 7.56. The molecule has 4 heteroatoms. The highest BCUT2D eigenvalue weighted by molar-refractivity contribution is 6.90. The lowest BCUT2D eigenvalue weighted by atomic mass is 9.44. The van der Waals surface area contributed by atoms with Gasteiger partial charge in [-0.25, -0.2) is 0 Å². The van der Waals surface area contributed by atoms with Crippen molar-refractivity contribution >= 4 is 78.6 Å². The second kappa shape index (κ2) is 12.5. The van der Waals surface area contributed by atoms with Crippen LogP contribution in [0.5, 0.6) is 0 Å². The lowest BCUT2D eigenvalue weighted by Gasteiger charge is -2.41. The topological polar surface area (TPSA) is 21.3 Å². The standard InChI is InChI=1S/C48H45BN2O/c1-4-7-15-31-24-25-39-41(29-31)50(34-27-32(16-8-5-2)26-33(28-34)17-9-6-3)42-30-44-45(37-19-11-13-23-43(37)52-44)46-38-21-14-20-36-35-18-10-12-22-40(35)51(48(36)38)49(39)47(42)46/h10-14,18-30H,4-9,15-17H2,1-3H3. The molecule has 0 N–H and O–H groups in total. The first kappa shape index (κ1) is 31.5. The zero-order valence-corrected chi connectivity index (χ0v) is 30.6. The van der Waals surface area contributed by atoms with E-state index in [-0.39, 0.29) is 6.85 Å². The molecule has 0 bridgehead atoms. The number of aryl methyl sites for hydroxylation is 3.